The second kappa shape index (κ2) is 6.71. The third-order valence-electron chi connectivity index (χ3n) is 3.59. The molecule has 0 aliphatic heterocycles. The number of nitrogens with one attached hydrogen (secondary N) is 1. The minimum atomic E-state index is 0.0963. The summed E-state index contributed by atoms with van der Waals surface area (Å²) in [5, 5.41) is 20.4. The first kappa shape index (κ1) is 14.1. The van der Waals surface area contributed by atoms with E-state index < -0.39 is 0 Å². The van der Waals surface area contributed by atoms with Crippen molar-refractivity contribution in [3.05, 3.63) is 11.9 Å². The highest BCUT2D eigenvalue weighted by Gasteiger charge is 2.22. The second-order valence-corrected chi connectivity index (χ2v) is 4.39. The van der Waals surface area contributed by atoms with E-state index in [1.54, 1.807) is 4.68 Å². The van der Waals surface area contributed by atoms with Crippen molar-refractivity contribution in [2.45, 2.75) is 58.7 Å². The van der Waals surface area contributed by atoms with Gasteiger partial charge < -0.3 is 10.4 Å². The zero-order valence-electron chi connectivity index (χ0n) is 11.1. The van der Waals surface area contributed by atoms with Crippen molar-refractivity contribution in [3.63, 3.8) is 0 Å². The van der Waals surface area contributed by atoms with Crippen molar-refractivity contribution in [1.29, 1.82) is 0 Å². The first-order valence-corrected chi connectivity index (χ1v) is 6.44. The molecule has 0 aromatic carbocycles. The van der Waals surface area contributed by atoms with Gasteiger partial charge in [0.15, 0.2) is 0 Å². The lowest BCUT2D eigenvalue weighted by Gasteiger charge is -2.31. The number of hydrogen-bond acceptors (Lipinski definition) is 4. The summed E-state index contributed by atoms with van der Waals surface area (Å²) in [5.74, 6) is 0. The summed E-state index contributed by atoms with van der Waals surface area (Å²) < 4.78 is 1.67. The molecule has 0 unspecified atom stereocenters. The van der Waals surface area contributed by atoms with Gasteiger partial charge in [-0.15, -0.1) is 5.10 Å². The molecule has 0 amide bonds. The van der Waals surface area contributed by atoms with Crippen molar-refractivity contribution in [2.75, 3.05) is 6.61 Å². The fraction of sp³-hybridized carbons (Fsp3) is 0.833. The summed E-state index contributed by atoms with van der Waals surface area (Å²) in [6, 6.07) is 0. The standard InChI is InChI=1S/C12H24N4O/c1-4-12(5-2,6-3)13-9-11-10-16(7-8-17)15-14-11/h10,13,17H,4-9H2,1-3H3. The van der Waals surface area contributed by atoms with E-state index in [0.717, 1.165) is 31.5 Å². The number of aliphatic hydroxyl groups is 1. The lowest BCUT2D eigenvalue weighted by Crippen LogP contribution is -2.43. The number of hydrogen-bond donors (Lipinski definition) is 2. The van der Waals surface area contributed by atoms with Crippen molar-refractivity contribution >= 4 is 0 Å². The van der Waals surface area contributed by atoms with E-state index in [-0.39, 0.29) is 12.1 Å². The molecule has 5 heteroatoms. The molecule has 0 bridgehead atoms. The summed E-state index contributed by atoms with van der Waals surface area (Å²) in [6.45, 7) is 7.97. The van der Waals surface area contributed by atoms with Crippen molar-refractivity contribution < 1.29 is 5.11 Å². The summed E-state index contributed by atoms with van der Waals surface area (Å²) in [4.78, 5) is 0. The van der Waals surface area contributed by atoms with Crippen LogP contribution < -0.4 is 5.32 Å². The molecule has 0 spiro atoms. The average Bonchev–Trinajstić information content (AvgIpc) is 2.80. The quantitative estimate of drug-likeness (QED) is 0.719. The molecule has 0 saturated heterocycles. The van der Waals surface area contributed by atoms with E-state index in [1.165, 1.54) is 0 Å². The van der Waals surface area contributed by atoms with Gasteiger partial charge in [-0.3, -0.25) is 0 Å². The maximum atomic E-state index is 8.80. The van der Waals surface area contributed by atoms with Gasteiger partial charge in [0.1, 0.15) is 0 Å². The van der Waals surface area contributed by atoms with E-state index in [2.05, 4.69) is 36.4 Å². The molecule has 0 aliphatic rings. The van der Waals surface area contributed by atoms with Crippen molar-refractivity contribution in [1.82, 2.24) is 20.3 Å². The fourth-order valence-corrected chi connectivity index (χ4v) is 2.03. The maximum Gasteiger partial charge on any atom is 0.0965 e. The number of rotatable bonds is 8. The molecular weight excluding hydrogens is 216 g/mol. The fourth-order valence-electron chi connectivity index (χ4n) is 2.03. The van der Waals surface area contributed by atoms with Crippen LogP contribution in [0.15, 0.2) is 6.20 Å². The van der Waals surface area contributed by atoms with Gasteiger partial charge in [-0.05, 0) is 19.3 Å². The Hall–Kier alpha value is -0.940. The van der Waals surface area contributed by atoms with E-state index >= 15 is 0 Å². The molecule has 2 N–H and O–H groups in total. The van der Waals surface area contributed by atoms with Crippen LogP contribution in [0.4, 0.5) is 0 Å². The third-order valence-corrected chi connectivity index (χ3v) is 3.59. The van der Waals surface area contributed by atoms with Crippen LogP contribution >= 0.6 is 0 Å². The lowest BCUT2D eigenvalue weighted by molar-refractivity contribution is 0.268. The topological polar surface area (TPSA) is 63.0 Å². The first-order chi connectivity index (χ1) is 8.19. The summed E-state index contributed by atoms with van der Waals surface area (Å²) in [6.07, 6.45) is 5.23. The Morgan fingerprint density at radius 2 is 1.94 bits per heavy atom. The van der Waals surface area contributed by atoms with Crippen LogP contribution in [0.1, 0.15) is 45.7 Å². The summed E-state index contributed by atoms with van der Waals surface area (Å²) >= 11 is 0. The van der Waals surface area contributed by atoms with Gasteiger partial charge >= 0.3 is 0 Å². The van der Waals surface area contributed by atoms with Gasteiger partial charge in [0.2, 0.25) is 0 Å². The van der Waals surface area contributed by atoms with Crippen LogP contribution in [0.3, 0.4) is 0 Å². The lowest BCUT2D eigenvalue weighted by atomic mass is 9.90. The minimum Gasteiger partial charge on any atom is -0.394 e. The molecule has 0 atom stereocenters. The predicted octanol–water partition coefficient (Wildman–Crippen LogP) is 1.33. The molecular formula is C12H24N4O. The number of aromatic nitrogens is 3. The molecule has 1 heterocycles. The van der Waals surface area contributed by atoms with E-state index in [4.69, 9.17) is 5.11 Å². The summed E-state index contributed by atoms with van der Waals surface area (Å²) in [5.41, 5.74) is 1.14. The van der Waals surface area contributed by atoms with Gasteiger partial charge in [-0.2, -0.15) is 0 Å². The van der Waals surface area contributed by atoms with Gasteiger partial charge in [0, 0.05) is 18.3 Å². The highest BCUT2D eigenvalue weighted by Crippen LogP contribution is 2.19. The molecule has 1 aromatic heterocycles. The Morgan fingerprint density at radius 1 is 1.29 bits per heavy atom. The van der Waals surface area contributed by atoms with Crippen molar-refractivity contribution in [3.8, 4) is 0 Å². The Morgan fingerprint density at radius 3 is 2.47 bits per heavy atom. The highest BCUT2D eigenvalue weighted by atomic mass is 16.3. The maximum absolute atomic E-state index is 8.80. The SMILES string of the molecule is CCC(CC)(CC)NCc1cn(CCO)nn1. The minimum absolute atomic E-state index is 0.0963. The van der Waals surface area contributed by atoms with Crippen LogP contribution in [0.25, 0.3) is 0 Å². The van der Waals surface area contributed by atoms with E-state index in [0.29, 0.717) is 6.54 Å². The molecule has 0 saturated carbocycles. The molecule has 0 aliphatic carbocycles. The number of aliphatic hydroxyl groups excluding tert-OH is 1. The van der Waals surface area contributed by atoms with Crippen LogP contribution in [0, 0.1) is 0 Å². The smallest absolute Gasteiger partial charge is 0.0965 e. The molecule has 1 aromatic rings. The van der Waals surface area contributed by atoms with Gasteiger partial charge in [-0.1, -0.05) is 26.0 Å². The monoisotopic (exact) mass is 240 g/mol. The Kier molecular flexibility index (Phi) is 5.58. The predicted molar refractivity (Wildman–Crippen MR) is 67.6 cm³/mol. The Labute approximate surface area is 103 Å². The van der Waals surface area contributed by atoms with Gasteiger partial charge in [0.25, 0.3) is 0 Å². The number of nitrogens with zero attached hydrogens (tertiary/aromatic N) is 3. The summed E-state index contributed by atoms with van der Waals surface area (Å²) in [7, 11) is 0. The molecule has 1 rings (SSSR count). The highest BCUT2D eigenvalue weighted by molar-refractivity contribution is 4.95. The molecule has 5 nitrogen and oxygen atoms in total. The molecule has 0 radical (unpaired) electrons. The van der Waals surface area contributed by atoms with Crippen molar-refractivity contribution in [2.24, 2.45) is 0 Å². The molecule has 0 fully saturated rings. The van der Waals surface area contributed by atoms with Gasteiger partial charge in [0.05, 0.1) is 18.8 Å². The molecule has 98 valence electrons. The Balaban J connectivity index is 2.53. The third kappa shape index (κ3) is 3.78. The Bertz CT molecular complexity index is 312. The largest absolute Gasteiger partial charge is 0.394 e. The second-order valence-electron chi connectivity index (χ2n) is 4.39. The van der Waals surface area contributed by atoms with Crippen LogP contribution in [-0.4, -0.2) is 32.2 Å². The zero-order valence-corrected chi connectivity index (χ0v) is 11.1. The van der Waals surface area contributed by atoms with E-state index in [9.17, 15) is 0 Å². The van der Waals surface area contributed by atoms with Crippen LogP contribution in [0.2, 0.25) is 0 Å². The van der Waals surface area contributed by atoms with Gasteiger partial charge in [-0.25, -0.2) is 4.68 Å². The van der Waals surface area contributed by atoms with Crippen LogP contribution in [-0.2, 0) is 13.1 Å². The molecule has 17 heavy (non-hydrogen) atoms. The zero-order chi connectivity index (χ0) is 12.7. The normalized spacial score (nSPS) is 12.0. The first-order valence-electron chi connectivity index (χ1n) is 6.44. The van der Waals surface area contributed by atoms with Crippen LogP contribution in [0.5, 0.6) is 0 Å². The van der Waals surface area contributed by atoms with E-state index in [1.807, 2.05) is 6.20 Å². The average molecular weight is 240 g/mol.